The fourth-order valence-electron chi connectivity index (χ4n) is 4.62. The molecule has 2 heterocycles. The van der Waals surface area contributed by atoms with Gasteiger partial charge in [-0.25, -0.2) is 18.4 Å². The number of carbonyl (C=O) groups excluding carboxylic acids is 1. The Bertz CT molecular complexity index is 1610. The van der Waals surface area contributed by atoms with Gasteiger partial charge in [-0.2, -0.15) is 10.2 Å². The van der Waals surface area contributed by atoms with Crippen LogP contribution in [0, 0.1) is 25.5 Å². The van der Waals surface area contributed by atoms with E-state index < -0.39 is 17.2 Å². The van der Waals surface area contributed by atoms with Crippen molar-refractivity contribution < 1.29 is 18.7 Å². The Kier molecular flexibility index (Phi) is 7.07. The number of hydrogen-bond acceptors (Lipinski definition) is 6. The van der Waals surface area contributed by atoms with Crippen LogP contribution in [0.1, 0.15) is 16.7 Å². The van der Waals surface area contributed by atoms with Crippen LogP contribution in [0.15, 0.2) is 73.4 Å². The SMILES string of the molecule is Cc1cccc(C)c1NC(=O)CNc1ccc2c(cnn2CC(O)(Cn2cncn2)c2ccc(F)cc2F)c1. The predicted molar refractivity (Wildman–Crippen MR) is 143 cm³/mol. The third kappa shape index (κ3) is 5.63. The number of aliphatic hydroxyl groups is 1. The molecule has 0 aliphatic carbocycles. The van der Waals surface area contributed by atoms with Crippen LogP contribution in [0.3, 0.4) is 0 Å². The molecule has 39 heavy (non-hydrogen) atoms. The van der Waals surface area contributed by atoms with Crippen LogP contribution in [-0.2, 0) is 23.5 Å². The van der Waals surface area contributed by atoms with Gasteiger partial charge in [-0.1, -0.05) is 24.3 Å². The largest absolute Gasteiger partial charge is 0.381 e. The van der Waals surface area contributed by atoms with Crippen molar-refractivity contribution in [3.63, 3.8) is 0 Å². The van der Waals surface area contributed by atoms with Gasteiger partial charge in [0.2, 0.25) is 5.91 Å². The first kappa shape index (κ1) is 26.0. The number of nitrogens with zero attached hydrogens (tertiary/aromatic N) is 5. The molecule has 0 bridgehead atoms. The maximum atomic E-state index is 14.8. The van der Waals surface area contributed by atoms with E-state index in [1.165, 1.54) is 23.4 Å². The summed E-state index contributed by atoms with van der Waals surface area (Å²) >= 11 is 0. The van der Waals surface area contributed by atoms with Gasteiger partial charge in [-0.3, -0.25) is 9.48 Å². The molecule has 3 N–H and O–H groups in total. The minimum absolute atomic E-state index is 0.0644. The lowest BCUT2D eigenvalue weighted by atomic mass is 9.92. The molecule has 1 unspecified atom stereocenters. The van der Waals surface area contributed by atoms with Crippen molar-refractivity contribution in [2.75, 3.05) is 17.2 Å². The highest BCUT2D eigenvalue weighted by Gasteiger charge is 2.35. The van der Waals surface area contributed by atoms with Crippen molar-refractivity contribution in [2.45, 2.75) is 32.5 Å². The minimum atomic E-state index is -1.81. The number of hydrogen-bond donors (Lipinski definition) is 3. The molecule has 0 aliphatic heterocycles. The molecule has 0 saturated heterocycles. The molecule has 9 nitrogen and oxygen atoms in total. The lowest BCUT2D eigenvalue weighted by Crippen LogP contribution is -2.37. The molecule has 5 aromatic rings. The molecule has 0 saturated carbocycles. The Morgan fingerprint density at radius 1 is 1.03 bits per heavy atom. The van der Waals surface area contributed by atoms with E-state index in [4.69, 9.17) is 0 Å². The number of benzene rings is 3. The highest BCUT2D eigenvalue weighted by atomic mass is 19.1. The molecule has 0 spiro atoms. The van der Waals surface area contributed by atoms with Gasteiger partial charge in [0.25, 0.3) is 0 Å². The number of aryl methyl sites for hydroxylation is 2. The van der Waals surface area contributed by atoms with Crippen LogP contribution < -0.4 is 10.6 Å². The predicted octanol–water partition coefficient (Wildman–Crippen LogP) is 4.16. The topological polar surface area (TPSA) is 110 Å². The second-order valence-corrected chi connectivity index (χ2v) is 9.49. The molecule has 0 radical (unpaired) electrons. The molecular formula is C28H27F2N7O2. The summed E-state index contributed by atoms with van der Waals surface area (Å²) in [6.45, 7) is 3.68. The third-order valence-electron chi connectivity index (χ3n) is 6.57. The Morgan fingerprint density at radius 3 is 2.54 bits per heavy atom. The Labute approximate surface area is 223 Å². The normalized spacial score (nSPS) is 12.8. The van der Waals surface area contributed by atoms with Gasteiger partial charge in [0.15, 0.2) is 0 Å². The van der Waals surface area contributed by atoms with Crippen LogP contribution in [0.2, 0.25) is 0 Å². The molecule has 11 heteroatoms. The fourth-order valence-corrected chi connectivity index (χ4v) is 4.62. The fraction of sp³-hybridized carbons (Fsp3) is 0.214. The minimum Gasteiger partial charge on any atom is -0.381 e. The van der Waals surface area contributed by atoms with Gasteiger partial charge in [0.05, 0.1) is 31.3 Å². The van der Waals surface area contributed by atoms with E-state index in [-0.39, 0.29) is 31.1 Å². The van der Waals surface area contributed by atoms with Crippen LogP contribution in [-0.4, -0.2) is 42.1 Å². The lowest BCUT2D eigenvalue weighted by Gasteiger charge is -2.29. The second-order valence-electron chi connectivity index (χ2n) is 9.49. The van der Waals surface area contributed by atoms with E-state index in [0.29, 0.717) is 11.2 Å². The summed E-state index contributed by atoms with van der Waals surface area (Å²) in [7, 11) is 0. The lowest BCUT2D eigenvalue weighted by molar-refractivity contribution is -0.114. The van der Waals surface area contributed by atoms with E-state index in [2.05, 4.69) is 25.8 Å². The van der Waals surface area contributed by atoms with Crippen LogP contribution in [0.5, 0.6) is 0 Å². The summed E-state index contributed by atoms with van der Waals surface area (Å²) < 4.78 is 31.3. The monoisotopic (exact) mass is 531 g/mol. The molecule has 5 rings (SSSR count). The number of fused-ring (bicyclic) bond motifs is 1. The molecule has 1 amide bonds. The van der Waals surface area contributed by atoms with Gasteiger partial charge >= 0.3 is 0 Å². The zero-order valence-electron chi connectivity index (χ0n) is 21.4. The number of nitrogens with one attached hydrogen (secondary N) is 2. The first-order chi connectivity index (χ1) is 18.7. The summed E-state index contributed by atoms with van der Waals surface area (Å²) in [5.74, 6) is -1.80. The van der Waals surface area contributed by atoms with E-state index in [1.807, 2.05) is 38.1 Å². The van der Waals surface area contributed by atoms with Crippen LogP contribution >= 0.6 is 0 Å². The van der Waals surface area contributed by atoms with Crippen molar-refractivity contribution in [1.29, 1.82) is 0 Å². The number of carbonyl (C=O) groups is 1. The number of amides is 1. The molecule has 1 atom stereocenters. The highest BCUT2D eigenvalue weighted by molar-refractivity contribution is 5.95. The Balaban J connectivity index is 1.34. The first-order valence-electron chi connectivity index (χ1n) is 12.3. The first-order valence-corrected chi connectivity index (χ1v) is 12.3. The molecule has 0 aliphatic rings. The van der Waals surface area contributed by atoms with Gasteiger partial charge in [0.1, 0.15) is 29.9 Å². The molecular weight excluding hydrogens is 504 g/mol. The second kappa shape index (κ2) is 10.6. The Hall–Kier alpha value is -4.64. The molecule has 0 fully saturated rings. The van der Waals surface area contributed by atoms with Crippen molar-refractivity contribution in [1.82, 2.24) is 24.5 Å². The maximum Gasteiger partial charge on any atom is 0.243 e. The smallest absolute Gasteiger partial charge is 0.243 e. The number of rotatable bonds is 9. The van der Waals surface area contributed by atoms with Crippen molar-refractivity contribution in [2.24, 2.45) is 0 Å². The van der Waals surface area contributed by atoms with Crippen LogP contribution in [0.25, 0.3) is 10.9 Å². The quantitative estimate of drug-likeness (QED) is 0.264. The zero-order chi connectivity index (χ0) is 27.6. The number of para-hydroxylation sites is 1. The van der Waals surface area contributed by atoms with Crippen LogP contribution in [0.4, 0.5) is 20.2 Å². The molecule has 2 aromatic heterocycles. The van der Waals surface area contributed by atoms with Crippen molar-refractivity contribution in [3.05, 3.63) is 102 Å². The standard InChI is InChI=1S/C28H27F2N7O2/c1-18-4-3-5-19(2)27(18)35-26(38)13-32-22-7-9-25-20(10-22)12-33-37(25)15-28(39,14-36-17-31-16-34-36)23-8-6-21(29)11-24(23)30/h3-12,16-17,32,39H,13-15H2,1-2H3,(H,35,38). The van der Waals surface area contributed by atoms with Crippen molar-refractivity contribution in [3.8, 4) is 0 Å². The number of halogens is 2. The van der Waals surface area contributed by atoms with E-state index in [0.717, 1.165) is 34.3 Å². The molecule has 200 valence electrons. The highest BCUT2D eigenvalue weighted by Crippen LogP contribution is 2.30. The summed E-state index contributed by atoms with van der Waals surface area (Å²) in [6.07, 6.45) is 4.33. The van der Waals surface area contributed by atoms with E-state index in [1.54, 1.807) is 23.0 Å². The van der Waals surface area contributed by atoms with Crippen molar-refractivity contribution >= 4 is 28.2 Å². The number of aromatic nitrogens is 5. The zero-order valence-corrected chi connectivity index (χ0v) is 21.4. The average Bonchev–Trinajstić information content (AvgIpc) is 3.54. The third-order valence-corrected chi connectivity index (χ3v) is 6.57. The maximum absolute atomic E-state index is 14.8. The Morgan fingerprint density at radius 2 is 1.82 bits per heavy atom. The van der Waals surface area contributed by atoms with E-state index in [9.17, 15) is 18.7 Å². The summed E-state index contributed by atoms with van der Waals surface area (Å²) in [4.78, 5) is 16.4. The van der Waals surface area contributed by atoms with Gasteiger partial charge in [0, 0.05) is 28.4 Å². The van der Waals surface area contributed by atoms with Gasteiger partial charge in [-0.05, 0) is 49.2 Å². The average molecular weight is 532 g/mol. The summed E-state index contributed by atoms with van der Waals surface area (Å²) in [5, 5.41) is 26.9. The molecule has 3 aromatic carbocycles. The number of anilines is 2. The van der Waals surface area contributed by atoms with Gasteiger partial charge in [-0.15, -0.1) is 0 Å². The summed E-state index contributed by atoms with van der Waals surface area (Å²) in [5.41, 5.74) is 2.27. The van der Waals surface area contributed by atoms with E-state index >= 15 is 0 Å². The summed E-state index contributed by atoms with van der Waals surface area (Å²) in [6, 6.07) is 14.3. The van der Waals surface area contributed by atoms with Gasteiger partial charge < -0.3 is 15.7 Å².